The normalized spacial score (nSPS) is 11.0. The van der Waals surface area contributed by atoms with Crippen LogP contribution in [0.3, 0.4) is 0 Å². The second-order valence-electron chi connectivity index (χ2n) is 6.98. The lowest BCUT2D eigenvalue weighted by atomic mass is 10.0. The van der Waals surface area contributed by atoms with E-state index in [0.29, 0.717) is 18.5 Å². The zero-order valence-electron chi connectivity index (χ0n) is 16.6. The van der Waals surface area contributed by atoms with Crippen LogP contribution in [0.4, 0.5) is 0 Å². The smallest absolute Gasteiger partial charge is 0.252 e. The SMILES string of the molecule is CCn1cnnc1CCNC(=O)c1cc(-c2ccc(C)cc2)nc2ccccc12. The van der Waals surface area contributed by atoms with Gasteiger partial charge in [-0.05, 0) is 26.0 Å². The zero-order chi connectivity index (χ0) is 20.2. The highest BCUT2D eigenvalue weighted by Gasteiger charge is 2.14. The summed E-state index contributed by atoms with van der Waals surface area (Å²) in [7, 11) is 0. The number of pyridine rings is 1. The van der Waals surface area contributed by atoms with Crippen molar-refractivity contribution in [1.82, 2.24) is 25.1 Å². The van der Waals surface area contributed by atoms with E-state index < -0.39 is 0 Å². The first-order chi connectivity index (χ1) is 14.2. The van der Waals surface area contributed by atoms with E-state index in [9.17, 15) is 4.79 Å². The van der Waals surface area contributed by atoms with Crippen LogP contribution in [0.1, 0.15) is 28.7 Å². The van der Waals surface area contributed by atoms with Crippen molar-refractivity contribution in [3.63, 3.8) is 0 Å². The first-order valence-corrected chi connectivity index (χ1v) is 9.77. The number of fused-ring (bicyclic) bond motifs is 1. The van der Waals surface area contributed by atoms with Gasteiger partial charge in [-0.2, -0.15) is 0 Å². The lowest BCUT2D eigenvalue weighted by Crippen LogP contribution is -2.26. The number of para-hydroxylation sites is 1. The third-order valence-corrected chi connectivity index (χ3v) is 4.98. The Morgan fingerprint density at radius 1 is 1.10 bits per heavy atom. The summed E-state index contributed by atoms with van der Waals surface area (Å²) in [4.78, 5) is 17.8. The van der Waals surface area contributed by atoms with Crippen molar-refractivity contribution in [3.05, 3.63) is 77.9 Å². The van der Waals surface area contributed by atoms with Crippen LogP contribution in [-0.4, -0.2) is 32.2 Å². The minimum absolute atomic E-state index is 0.112. The number of hydrogen-bond donors (Lipinski definition) is 1. The summed E-state index contributed by atoms with van der Waals surface area (Å²) in [5.41, 5.74) is 4.41. The molecular formula is C23H23N5O. The number of amides is 1. The molecule has 0 aliphatic carbocycles. The largest absolute Gasteiger partial charge is 0.352 e. The van der Waals surface area contributed by atoms with E-state index in [2.05, 4.69) is 34.6 Å². The monoisotopic (exact) mass is 385 g/mol. The lowest BCUT2D eigenvalue weighted by Gasteiger charge is -2.11. The second kappa shape index (κ2) is 8.22. The van der Waals surface area contributed by atoms with Gasteiger partial charge in [-0.3, -0.25) is 4.79 Å². The number of nitrogens with zero attached hydrogens (tertiary/aromatic N) is 4. The summed E-state index contributed by atoms with van der Waals surface area (Å²) in [5, 5.41) is 11.9. The molecule has 0 radical (unpaired) electrons. The molecule has 0 bridgehead atoms. The maximum Gasteiger partial charge on any atom is 0.252 e. The fourth-order valence-corrected chi connectivity index (χ4v) is 3.36. The molecule has 4 aromatic rings. The average molecular weight is 385 g/mol. The zero-order valence-corrected chi connectivity index (χ0v) is 16.6. The van der Waals surface area contributed by atoms with Crippen LogP contribution in [0.5, 0.6) is 0 Å². The molecule has 2 heterocycles. The molecule has 0 unspecified atom stereocenters. The van der Waals surface area contributed by atoms with Gasteiger partial charge in [-0.1, -0.05) is 48.0 Å². The van der Waals surface area contributed by atoms with E-state index in [1.165, 1.54) is 5.56 Å². The van der Waals surface area contributed by atoms with Gasteiger partial charge in [-0.15, -0.1) is 10.2 Å². The quantitative estimate of drug-likeness (QED) is 0.548. The third kappa shape index (κ3) is 4.01. The molecule has 1 N–H and O–H groups in total. The molecule has 0 saturated heterocycles. The topological polar surface area (TPSA) is 72.7 Å². The van der Waals surface area contributed by atoms with Gasteiger partial charge in [0.15, 0.2) is 0 Å². The predicted molar refractivity (Wildman–Crippen MR) is 114 cm³/mol. The van der Waals surface area contributed by atoms with Crippen molar-refractivity contribution < 1.29 is 4.79 Å². The first kappa shape index (κ1) is 18.8. The van der Waals surface area contributed by atoms with Gasteiger partial charge < -0.3 is 9.88 Å². The van der Waals surface area contributed by atoms with Gasteiger partial charge >= 0.3 is 0 Å². The van der Waals surface area contributed by atoms with Crippen LogP contribution in [0.15, 0.2) is 60.9 Å². The van der Waals surface area contributed by atoms with Crippen molar-refractivity contribution >= 4 is 16.8 Å². The Bertz CT molecular complexity index is 1150. The predicted octanol–water partition coefficient (Wildman–Crippen LogP) is 3.79. The first-order valence-electron chi connectivity index (χ1n) is 9.77. The Labute approximate surface area is 169 Å². The summed E-state index contributed by atoms with van der Waals surface area (Å²) < 4.78 is 1.98. The van der Waals surface area contributed by atoms with Crippen molar-refractivity contribution in [2.24, 2.45) is 0 Å². The van der Waals surface area contributed by atoms with Crippen molar-refractivity contribution in [2.75, 3.05) is 6.54 Å². The number of aryl methyl sites for hydroxylation is 2. The van der Waals surface area contributed by atoms with Gasteiger partial charge in [0.25, 0.3) is 5.91 Å². The van der Waals surface area contributed by atoms with Crippen LogP contribution in [0, 0.1) is 6.92 Å². The number of hydrogen-bond acceptors (Lipinski definition) is 4. The molecule has 0 fully saturated rings. The standard InChI is InChI=1S/C23H23N5O/c1-3-28-15-25-27-22(28)12-13-24-23(29)19-14-21(17-10-8-16(2)9-11-17)26-20-7-5-4-6-18(19)20/h4-11,14-15H,3,12-13H2,1-2H3,(H,24,29). The number of carbonyl (C=O) groups is 1. The Morgan fingerprint density at radius 2 is 1.90 bits per heavy atom. The Hall–Kier alpha value is -3.54. The number of benzene rings is 2. The second-order valence-corrected chi connectivity index (χ2v) is 6.98. The fourth-order valence-electron chi connectivity index (χ4n) is 3.36. The van der Waals surface area contributed by atoms with Gasteiger partial charge in [0.1, 0.15) is 12.2 Å². The van der Waals surface area contributed by atoms with E-state index in [4.69, 9.17) is 4.98 Å². The lowest BCUT2D eigenvalue weighted by molar-refractivity contribution is 0.0955. The molecule has 0 spiro atoms. The molecule has 6 heteroatoms. The van der Waals surface area contributed by atoms with E-state index in [0.717, 1.165) is 34.5 Å². The Kier molecular flexibility index (Phi) is 5.33. The highest BCUT2D eigenvalue weighted by Crippen LogP contribution is 2.25. The number of aromatic nitrogens is 4. The molecule has 0 aliphatic rings. The van der Waals surface area contributed by atoms with Gasteiger partial charge in [-0.25, -0.2) is 4.98 Å². The maximum atomic E-state index is 13.0. The molecule has 2 aromatic carbocycles. The molecular weight excluding hydrogens is 362 g/mol. The molecule has 0 saturated carbocycles. The molecule has 1 amide bonds. The molecule has 4 rings (SSSR count). The Morgan fingerprint density at radius 3 is 2.69 bits per heavy atom. The Balaban J connectivity index is 1.61. The highest BCUT2D eigenvalue weighted by molar-refractivity contribution is 6.07. The van der Waals surface area contributed by atoms with Crippen molar-refractivity contribution in [1.29, 1.82) is 0 Å². The van der Waals surface area contributed by atoms with E-state index in [-0.39, 0.29) is 5.91 Å². The van der Waals surface area contributed by atoms with Crippen LogP contribution in [0.2, 0.25) is 0 Å². The minimum atomic E-state index is -0.112. The summed E-state index contributed by atoms with van der Waals surface area (Å²) in [6.45, 7) is 5.40. The van der Waals surface area contributed by atoms with Crippen LogP contribution in [-0.2, 0) is 13.0 Å². The molecule has 0 aliphatic heterocycles. The van der Waals surface area contributed by atoms with Crippen molar-refractivity contribution in [3.8, 4) is 11.3 Å². The summed E-state index contributed by atoms with van der Waals surface area (Å²) in [6.07, 6.45) is 2.34. The number of carbonyl (C=O) groups excluding carboxylic acids is 1. The molecule has 146 valence electrons. The molecule has 2 aromatic heterocycles. The molecule has 0 atom stereocenters. The molecule has 29 heavy (non-hydrogen) atoms. The van der Waals surface area contributed by atoms with Crippen molar-refractivity contribution in [2.45, 2.75) is 26.8 Å². The number of rotatable bonds is 6. The average Bonchev–Trinajstić information content (AvgIpc) is 3.21. The molecule has 6 nitrogen and oxygen atoms in total. The summed E-state index contributed by atoms with van der Waals surface area (Å²) in [5.74, 6) is 0.757. The van der Waals surface area contributed by atoms with Crippen LogP contribution >= 0.6 is 0 Å². The van der Waals surface area contributed by atoms with E-state index in [1.807, 2.05) is 54.0 Å². The number of nitrogens with one attached hydrogen (secondary N) is 1. The maximum absolute atomic E-state index is 13.0. The summed E-state index contributed by atoms with van der Waals surface area (Å²) in [6, 6.07) is 17.8. The fraction of sp³-hybridized carbons (Fsp3) is 0.217. The van der Waals surface area contributed by atoms with Gasteiger partial charge in [0, 0.05) is 30.5 Å². The van der Waals surface area contributed by atoms with Gasteiger partial charge in [0.05, 0.1) is 16.8 Å². The van der Waals surface area contributed by atoms with Crippen LogP contribution < -0.4 is 5.32 Å². The van der Waals surface area contributed by atoms with Crippen LogP contribution in [0.25, 0.3) is 22.2 Å². The van der Waals surface area contributed by atoms with Gasteiger partial charge in [0.2, 0.25) is 0 Å². The highest BCUT2D eigenvalue weighted by atomic mass is 16.1. The summed E-state index contributed by atoms with van der Waals surface area (Å²) >= 11 is 0. The minimum Gasteiger partial charge on any atom is -0.352 e. The van der Waals surface area contributed by atoms with E-state index >= 15 is 0 Å². The third-order valence-electron chi connectivity index (χ3n) is 4.98. The van der Waals surface area contributed by atoms with E-state index in [1.54, 1.807) is 6.33 Å².